The molecule has 0 amide bonds. The fraction of sp³-hybridized carbons (Fsp3) is 0.455. The van der Waals surface area contributed by atoms with Crippen LogP contribution in [0.25, 0.3) is 0 Å². The highest BCUT2D eigenvalue weighted by atomic mass is 13.9. The molecule has 0 aromatic rings. The molecule has 0 saturated heterocycles. The third-order valence-electron chi connectivity index (χ3n) is 1.48. The molecule has 0 aromatic carbocycles. The average molecular weight is 150 g/mol. The van der Waals surface area contributed by atoms with Gasteiger partial charge in [-0.25, -0.2) is 0 Å². The molecule has 0 saturated carbocycles. The van der Waals surface area contributed by atoms with Crippen LogP contribution in [0.3, 0.4) is 0 Å². The summed E-state index contributed by atoms with van der Waals surface area (Å²) in [5.74, 6) is 0. The van der Waals surface area contributed by atoms with Crippen molar-refractivity contribution in [2.45, 2.75) is 32.6 Å². The van der Waals surface area contributed by atoms with Crippen LogP contribution in [0, 0.1) is 0 Å². The van der Waals surface area contributed by atoms with E-state index in [-0.39, 0.29) is 0 Å². The Balaban J connectivity index is 3.36. The van der Waals surface area contributed by atoms with E-state index in [1.165, 1.54) is 12.0 Å². The van der Waals surface area contributed by atoms with Gasteiger partial charge < -0.3 is 0 Å². The van der Waals surface area contributed by atoms with Crippen LogP contribution in [0.5, 0.6) is 0 Å². The van der Waals surface area contributed by atoms with Crippen LogP contribution in [-0.2, 0) is 0 Å². The second-order valence-corrected chi connectivity index (χ2v) is 2.70. The van der Waals surface area contributed by atoms with Gasteiger partial charge in [-0.1, -0.05) is 43.7 Å². The summed E-state index contributed by atoms with van der Waals surface area (Å²) >= 11 is 0. The van der Waals surface area contributed by atoms with Gasteiger partial charge in [0.15, 0.2) is 0 Å². The van der Waals surface area contributed by atoms with Crippen LogP contribution >= 0.6 is 0 Å². The van der Waals surface area contributed by atoms with Crippen LogP contribution in [0.1, 0.15) is 32.6 Å². The zero-order valence-electron chi connectivity index (χ0n) is 7.47. The lowest BCUT2D eigenvalue weighted by atomic mass is 10.1. The first-order valence-corrected chi connectivity index (χ1v) is 4.23. The average Bonchev–Trinajstić information content (AvgIpc) is 1.99. The lowest BCUT2D eigenvalue weighted by molar-refractivity contribution is 0.884. The first-order valence-electron chi connectivity index (χ1n) is 4.23. The summed E-state index contributed by atoms with van der Waals surface area (Å²) in [6, 6.07) is 0. The maximum Gasteiger partial charge on any atom is -0.0141 e. The van der Waals surface area contributed by atoms with Crippen molar-refractivity contribution in [2.75, 3.05) is 0 Å². The second-order valence-electron chi connectivity index (χ2n) is 2.70. The molecule has 0 aromatic heterocycles. The Morgan fingerprint density at radius 2 is 2.09 bits per heavy atom. The Morgan fingerprint density at radius 3 is 2.64 bits per heavy atom. The van der Waals surface area contributed by atoms with Crippen LogP contribution in [0.4, 0.5) is 0 Å². The molecule has 62 valence electrons. The lowest BCUT2D eigenvalue weighted by Crippen LogP contribution is -1.76. The molecule has 0 N–H and O–H groups in total. The monoisotopic (exact) mass is 150 g/mol. The molecule has 0 atom stereocenters. The van der Waals surface area contributed by atoms with Gasteiger partial charge in [-0.2, -0.15) is 0 Å². The normalized spacial score (nSPS) is 10.3. The van der Waals surface area contributed by atoms with Crippen molar-refractivity contribution < 1.29 is 0 Å². The molecule has 0 bridgehead atoms. The third kappa shape index (κ3) is 7.11. The summed E-state index contributed by atoms with van der Waals surface area (Å²) in [7, 11) is 0. The molecule has 0 nitrogen and oxygen atoms in total. The Hall–Kier alpha value is -0.780. The van der Waals surface area contributed by atoms with Crippen molar-refractivity contribution >= 4 is 0 Å². The van der Waals surface area contributed by atoms with Crippen LogP contribution in [0.15, 0.2) is 37.0 Å². The van der Waals surface area contributed by atoms with Gasteiger partial charge in [0.25, 0.3) is 0 Å². The number of hydrogen-bond donors (Lipinski definition) is 0. The van der Waals surface area contributed by atoms with E-state index < -0.39 is 0 Å². The summed E-state index contributed by atoms with van der Waals surface area (Å²) in [5, 5.41) is 0. The molecular formula is C11H18. The SMILES string of the molecule is C=CC/C=C\CC(=C)CCC. The minimum Gasteiger partial charge on any atom is -0.103 e. The van der Waals surface area contributed by atoms with Crippen molar-refractivity contribution in [3.05, 3.63) is 37.0 Å². The Kier molecular flexibility index (Phi) is 6.81. The van der Waals surface area contributed by atoms with Gasteiger partial charge in [-0.3, -0.25) is 0 Å². The molecule has 0 rings (SSSR count). The minimum atomic E-state index is 0.972. The predicted octanol–water partition coefficient (Wildman–Crippen LogP) is 3.87. The first-order chi connectivity index (χ1) is 5.31. The van der Waals surface area contributed by atoms with Crippen molar-refractivity contribution in [1.29, 1.82) is 0 Å². The van der Waals surface area contributed by atoms with E-state index in [0.717, 1.165) is 19.3 Å². The van der Waals surface area contributed by atoms with E-state index in [1.807, 2.05) is 6.08 Å². The summed E-state index contributed by atoms with van der Waals surface area (Å²) in [4.78, 5) is 0. The Bertz CT molecular complexity index is 140. The summed E-state index contributed by atoms with van der Waals surface area (Å²) in [5.41, 5.74) is 1.33. The van der Waals surface area contributed by atoms with Crippen LogP contribution < -0.4 is 0 Å². The molecule has 0 fully saturated rings. The number of rotatable bonds is 6. The maximum absolute atomic E-state index is 3.96. The largest absolute Gasteiger partial charge is 0.103 e. The van der Waals surface area contributed by atoms with Gasteiger partial charge in [-0.05, 0) is 19.3 Å². The van der Waals surface area contributed by atoms with Gasteiger partial charge in [-0.15, -0.1) is 6.58 Å². The summed E-state index contributed by atoms with van der Waals surface area (Å²) in [6.45, 7) is 9.78. The van der Waals surface area contributed by atoms with E-state index in [1.54, 1.807) is 0 Å². The molecule has 0 aliphatic heterocycles. The third-order valence-corrected chi connectivity index (χ3v) is 1.48. The molecule has 0 aliphatic carbocycles. The highest BCUT2D eigenvalue weighted by molar-refractivity contribution is 5.02. The highest BCUT2D eigenvalue weighted by Crippen LogP contribution is 2.07. The van der Waals surface area contributed by atoms with Crippen molar-refractivity contribution in [3.63, 3.8) is 0 Å². The van der Waals surface area contributed by atoms with Gasteiger partial charge in [0.05, 0.1) is 0 Å². The van der Waals surface area contributed by atoms with Gasteiger partial charge in [0.2, 0.25) is 0 Å². The van der Waals surface area contributed by atoms with Crippen molar-refractivity contribution in [3.8, 4) is 0 Å². The van der Waals surface area contributed by atoms with Gasteiger partial charge >= 0.3 is 0 Å². The topological polar surface area (TPSA) is 0 Å². The zero-order chi connectivity index (χ0) is 8.53. The summed E-state index contributed by atoms with van der Waals surface area (Å²) in [6.07, 6.45) is 10.6. The van der Waals surface area contributed by atoms with Crippen LogP contribution in [0.2, 0.25) is 0 Å². The highest BCUT2D eigenvalue weighted by Gasteiger charge is 1.86. The molecule has 0 radical (unpaired) electrons. The van der Waals surface area contributed by atoms with E-state index >= 15 is 0 Å². The molecule has 0 unspecified atom stereocenters. The molecule has 0 heteroatoms. The minimum absolute atomic E-state index is 0.972. The predicted molar refractivity (Wildman–Crippen MR) is 52.6 cm³/mol. The number of hydrogen-bond acceptors (Lipinski definition) is 0. The fourth-order valence-electron chi connectivity index (χ4n) is 0.898. The smallest absolute Gasteiger partial charge is 0.0141 e. The Morgan fingerprint density at radius 1 is 1.36 bits per heavy atom. The van der Waals surface area contributed by atoms with Crippen molar-refractivity contribution in [2.24, 2.45) is 0 Å². The van der Waals surface area contributed by atoms with E-state index in [4.69, 9.17) is 0 Å². The van der Waals surface area contributed by atoms with E-state index in [9.17, 15) is 0 Å². The number of allylic oxidation sites excluding steroid dienone is 4. The fourth-order valence-corrected chi connectivity index (χ4v) is 0.898. The second kappa shape index (κ2) is 7.33. The molecule has 0 spiro atoms. The first kappa shape index (κ1) is 10.2. The maximum atomic E-state index is 3.96. The van der Waals surface area contributed by atoms with Gasteiger partial charge in [0.1, 0.15) is 0 Å². The zero-order valence-corrected chi connectivity index (χ0v) is 7.47. The quantitative estimate of drug-likeness (QED) is 0.504. The van der Waals surface area contributed by atoms with Gasteiger partial charge in [0, 0.05) is 0 Å². The van der Waals surface area contributed by atoms with Crippen molar-refractivity contribution in [1.82, 2.24) is 0 Å². The Labute approximate surface area is 70.3 Å². The molecular weight excluding hydrogens is 132 g/mol. The van der Waals surface area contributed by atoms with E-state index in [0.29, 0.717) is 0 Å². The molecule has 0 aliphatic rings. The van der Waals surface area contributed by atoms with E-state index in [2.05, 4.69) is 32.2 Å². The lowest BCUT2D eigenvalue weighted by Gasteiger charge is -1.96. The molecule has 11 heavy (non-hydrogen) atoms. The molecule has 0 heterocycles. The van der Waals surface area contributed by atoms with Crippen LogP contribution in [-0.4, -0.2) is 0 Å². The summed E-state index contributed by atoms with van der Waals surface area (Å²) < 4.78 is 0. The standard InChI is InChI=1S/C11H18/c1-4-6-7-8-10-11(3)9-5-2/h4,7-8H,1,3,5-6,9-10H2,2H3/b8-7-.